The summed E-state index contributed by atoms with van der Waals surface area (Å²) in [6.07, 6.45) is 0.738. The van der Waals surface area contributed by atoms with Crippen molar-refractivity contribution in [3.05, 3.63) is 64.7 Å². The van der Waals surface area contributed by atoms with Gasteiger partial charge < -0.3 is 9.47 Å². The molecule has 6 nitrogen and oxygen atoms in total. The molecule has 0 N–H and O–H groups in total. The molecule has 1 aliphatic heterocycles. The largest absolute Gasteiger partial charge is 0.494 e. The molecule has 2 amide bonds. The molecule has 0 radical (unpaired) electrons. The second kappa shape index (κ2) is 9.57. The third kappa shape index (κ3) is 4.87. The topological polar surface area (TPSA) is 72.9 Å². The predicted molar refractivity (Wildman–Crippen MR) is 113 cm³/mol. The van der Waals surface area contributed by atoms with Crippen LogP contribution >= 0.6 is 0 Å². The van der Waals surface area contributed by atoms with Crippen LogP contribution in [0.25, 0.3) is 0 Å². The Hall–Kier alpha value is -3.15. The number of hydrogen-bond acceptors (Lipinski definition) is 5. The molecule has 30 heavy (non-hydrogen) atoms. The Morgan fingerprint density at radius 3 is 2.27 bits per heavy atom. The van der Waals surface area contributed by atoms with Crippen LogP contribution in [-0.4, -0.2) is 42.4 Å². The fourth-order valence-electron chi connectivity index (χ4n) is 3.56. The van der Waals surface area contributed by atoms with Gasteiger partial charge in [0.1, 0.15) is 12.4 Å². The molecule has 0 aliphatic carbocycles. The first-order valence-electron chi connectivity index (χ1n) is 10.2. The van der Waals surface area contributed by atoms with Crippen LogP contribution in [0.3, 0.4) is 0 Å². The number of rotatable bonds is 9. The zero-order valence-corrected chi connectivity index (χ0v) is 17.6. The minimum Gasteiger partial charge on any atom is -0.494 e. The Morgan fingerprint density at radius 2 is 1.67 bits per heavy atom. The number of esters is 1. The molecule has 0 saturated heterocycles. The fourth-order valence-corrected chi connectivity index (χ4v) is 3.56. The zero-order valence-electron chi connectivity index (χ0n) is 17.6. The highest BCUT2D eigenvalue weighted by molar-refractivity contribution is 6.21. The lowest BCUT2D eigenvalue weighted by Crippen LogP contribution is -2.33. The lowest BCUT2D eigenvalue weighted by molar-refractivity contribution is -0.144. The number of benzene rings is 2. The standard InChI is InChI=1S/C24H27NO5/c1-16(2)19-11-10-18(15-17(19)3)29-13-6-9-22(26)30-14-12-25-23(27)20-7-4-5-8-21(20)24(25)28/h4-5,7-8,10-11,15-16H,6,9,12-14H2,1-3H3. The molecule has 2 aromatic carbocycles. The monoisotopic (exact) mass is 409 g/mol. The van der Waals surface area contributed by atoms with Gasteiger partial charge in [0.15, 0.2) is 0 Å². The molecule has 0 aromatic heterocycles. The number of fused-ring (bicyclic) bond motifs is 1. The van der Waals surface area contributed by atoms with Crippen molar-refractivity contribution in [1.29, 1.82) is 0 Å². The molecule has 0 unspecified atom stereocenters. The molecule has 0 atom stereocenters. The summed E-state index contributed by atoms with van der Waals surface area (Å²) < 4.78 is 10.9. The van der Waals surface area contributed by atoms with Gasteiger partial charge in [-0.1, -0.05) is 32.0 Å². The number of hydrogen-bond donors (Lipinski definition) is 0. The van der Waals surface area contributed by atoms with Crippen LogP contribution < -0.4 is 4.74 Å². The smallest absolute Gasteiger partial charge is 0.305 e. The first kappa shape index (κ1) is 21.6. The summed E-state index contributed by atoms with van der Waals surface area (Å²) in [5.74, 6) is 0.184. The molecule has 0 fully saturated rings. The van der Waals surface area contributed by atoms with Crippen molar-refractivity contribution in [1.82, 2.24) is 4.90 Å². The molecule has 6 heteroatoms. The zero-order chi connectivity index (χ0) is 21.7. The van der Waals surface area contributed by atoms with Gasteiger partial charge in [0.2, 0.25) is 0 Å². The maximum absolute atomic E-state index is 12.3. The van der Waals surface area contributed by atoms with Crippen LogP contribution in [0.15, 0.2) is 42.5 Å². The summed E-state index contributed by atoms with van der Waals surface area (Å²) in [5.41, 5.74) is 3.27. The Bertz CT molecular complexity index is 915. The highest BCUT2D eigenvalue weighted by atomic mass is 16.5. The van der Waals surface area contributed by atoms with Crippen molar-refractivity contribution in [2.75, 3.05) is 19.8 Å². The van der Waals surface area contributed by atoms with Crippen LogP contribution in [0.1, 0.15) is 64.4 Å². The van der Waals surface area contributed by atoms with E-state index in [-0.39, 0.29) is 37.4 Å². The van der Waals surface area contributed by atoms with Gasteiger partial charge in [0.25, 0.3) is 11.8 Å². The molecule has 0 saturated carbocycles. The van der Waals surface area contributed by atoms with E-state index in [0.29, 0.717) is 30.1 Å². The van der Waals surface area contributed by atoms with Crippen molar-refractivity contribution >= 4 is 17.8 Å². The van der Waals surface area contributed by atoms with Gasteiger partial charge in [0.05, 0.1) is 24.3 Å². The van der Waals surface area contributed by atoms with E-state index in [1.165, 1.54) is 11.1 Å². The van der Waals surface area contributed by atoms with Gasteiger partial charge >= 0.3 is 5.97 Å². The Labute approximate surface area is 176 Å². The summed E-state index contributed by atoms with van der Waals surface area (Å²) in [4.78, 5) is 37.5. The van der Waals surface area contributed by atoms with E-state index in [9.17, 15) is 14.4 Å². The number of carbonyl (C=O) groups excluding carboxylic acids is 3. The summed E-state index contributed by atoms with van der Waals surface area (Å²) in [6.45, 7) is 6.82. The summed E-state index contributed by atoms with van der Waals surface area (Å²) >= 11 is 0. The molecule has 158 valence electrons. The number of amides is 2. The van der Waals surface area contributed by atoms with Crippen LogP contribution in [0.4, 0.5) is 0 Å². The van der Waals surface area contributed by atoms with Crippen molar-refractivity contribution in [3.63, 3.8) is 0 Å². The average Bonchev–Trinajstić information content (AvgIpc) is 2.96. The maximum atomic E-state index is 12.3. The second-order valence-electron chi connectivity index (χ2n) is 7.65. The maximum Gasteiger partial charge on any atom is 0.305 e. The van der Waals surface area contributed by atoms with Gasteiger partial charge in [-0.3, -0.25) is 19.3 Å². The van der Waals surface area contributed by atoms with E-state index >= 15 is 0 Å². The number of carbonyl (C=O) groups is 3. The van der Waals surface area contributed by atoms with Crippen LogP contribution in [-0.2, 0) is 9.53 Å². The Kier molecular flexibility index (Phi) is 6.87. The minimum atomic E-state index is -0.374. The van der Waals surface area contributed by atoms with E-state index in [1.807, 2.05) is 12.1 Å². The summed E-state index contributed by atoms with van der Waals surface area (Å²) in [5, 5.41) is 0. The normalized spacial score (nSPS) is 13.0. The molecule has 0 bridgehead atoms. The quantitative estimate of drug-likeness (QED) is 0.354. The molecular formula is C24H27NO5. The van der Waals surface area contributed by atoms with Crippen LogP contribution in [0.5, 0.6) is 5.75 Å². The summed E-state index contributed by atoms with van der Waals surface area (Å²) in [7, 11) is 0. The highest BCUT2D eigenvalue weighted by Crippen LogP contribution is 2.24. The van der Waals surface area contributed by atoms with Gasteiger partial charge in [-0.25, -0.2) is 0 Å². The number of nitrogens with zero attached hydrogens (tertiary/aromatic N) is 1. The lowest BCUT2D eigenvalue weighted by atomic mass is 9.98. The predicted octanol–water partition coefficient (Wildman–Crippen LogP) is 4.12. The van der Waals surface area contributed by atoms with Crippen LogP contribution in [0.2, 0.25) is 0 Å². The van der Waals surface area contributed by atoms with E-state index in [1.54, 1.807) is 24.3 Å². The van der Waals surface area contributed by atoms with Gasteiger partial charge in [-0.2, -0.15) is 0 Å². The molecule has 2 aromatic rings. The van der Waals surface area contributed by atoms with Crippen molar-refractivity contribution in [2.24, 2.45) is 0 Å². The third-order valence-electron chi connectivity index (χ3n) is 5.11. The van der Waals surface area contributed by atoms with E-state index in [4.69, 9.17) is 9.47 Å². The number of imide groups is 1. The minimum absolute atomic E-state index is 0.0129. The summed E-state index contributed by atoms with van der Waals surface area (Å²) in [6, 6.07) is 12.7. The number of aryl methyl sites for hydroxylation is 1. The van der Waals surface area contributed by atoms with Crippen molar-refractivity contribution in [3.8, 4) is 5.75 Å². The first-order valence-corrected chi connectivity index (χ1v) is 10.2. The third-order valence-corrected chi connectivity index (χ3v) is 5.11. The van der Waals surface area contributed by atoms with Gasteiger partial charge in [-0.05, 0) is 54.7 Å². The molecule has 1 heterocycles. The second-order valence-corrected chi connectivity index (χ2v) is 7.65. The first-order chi connectivity index (χ1) is 14.4. The molecular weight excluding hydrogens is 382 g/mol. The van der Waals surface area contributed by atoms with Crippen molar-refractivity contribution < 1.29 is 23.9 Å². The SMILES string of the molecule is Cc1cc(OCCCC(=O)OCCN2C(=O)c3ccccc3C2=O)ccc1C(C)C. The Balaban J connectivity index is 1.36. The van der Waals surface area contributed by atoms with E-state index < -0.39 is 0 Å². The van der Waals surface area contributed by atoms with E-state index in [0.717, 1.165) is 10.6 Å². The molecule has 1 aliphatic rings. The highest BCUT2D eigenvalue weighted by Gasteiger charge is 2.34. The average molecular weight is 409 g/mol. The molecule has 3 rings (SSSR count). The molecule has 0 spiro atoms. The van der Waals surface area contributed by atoms with Crippen LogP contribution in [0, 0.1) is 6.92 Å². The van der Waals surface area contributed by atoms with Crippen molar-refractivity contribution in [2.45, 2.75) is 39.5 Å². The van der Waals surface area contributed by atoms with E-state index in [2.05, 4.69) is 26.8 Å². The lowest BCUT2D eigenvalue weighted by Gasteiger charge is -2.14. The number of ether oxygens (including phenoxy) is 2. The van der Waals surface area contributed by atoms with Gasteiger partial charge in [-0.15, -0.1) is 0 Å². The van der Waals surface area contributed by atoms with Gasteiger partial charge in [0, 0.05) is 6.42 Å². The Morgan fingerprint density at radius 1 is 1.00 bits per heavy atom. The fraction of sp³-hybridized carbons (Fsp3) is 0.375.